The van der Waals surface area contributed by atoms with Gasteiger partial charge in [-0.15, -0.1) is 0 Å². The minimum atomic E-state index is -1.08. The minimum Gasteiger partial charge on any atom is -0.361 e. The maximum Gasteiger partial charge on any atom is 0.314 e. The predicted octanol–water partition coefficient (Wildman–Crippen LogP) is 1.05. The number of nitro groups is 1. The summed E-state index contributed by atoms with van der Waals surface area (Å²) in [6.07, 6.45) is 1.89. The lowest BCUT2D eigenvalue weighted by Crippen LogP contribution is -2.46. The van der Waals surface area contributed by atoms with Gasteiger partial charge in [-0.05, 0) is 18.1 Å². The summed E-state index contributed by atoms with van der Waals surface area (Å²) in [5.74, 6) is -1.32. The standard InChI is InChI=1S/C22H20N6O6/c1-11(29)27(22(32)16(23)7-12-9-24-17-5-3-2-4-15(12)17)10-13-6-14(28(33)34)8-18-19(13)26-21(31)20(30)25-18/h2-6,8-9,16,24H,7,10,23H2,1H3,(H,25,30)(H,26,31)/t16-/m0/s1. The molecule has 2 aromatic heterocycles. The Kier molecular flexibility index (Phi) is 5.82. The lowest BCUT2D eigenvalue weighted by Gasteiger charge is -2.23. The van der Waals surface area contributed by atoms with Crippen LogP contribution in [0.4, 0.5) is 5.69 Å². The van der Waals surface area contributed by atoms with E-state index in [-0.39, 0.29) is 28.7 Å². The van der Waals surface area contributed by atoms with Gasteiger partial charge < -0.3 is 20.7 Å². The van der Waals surface area contributed by atoms with Crippen molar-refractivity contribution in [3.05, 3.63) is 84.5 Å². The Morgan fingerprint density at radius 1 is 1.09 bits per heavy atom. The van der Waals surface area contributed by atoms with E-state index in [9.17, 15) is 29.3 Å². The maximum absolute atomic E-state index is 13.1. The van der Waals surface area contributed by atoms with Crippen molar-refractivity contribution in [2.24, 2.45) is 5.73 Å². The van der Waals surface area contributed by atoms with E-state index in [0.29, 0.717) is 0 Å². The fourth-order valence-corrected chi connectivity index (χ4v) is 3.85. The number of nitrogens with zero attached hydrogens (tertiary/aromatic N) is 2. The molecule has 0 radical (unpaired) electrons. The van der Waals surface area contributed by atoms with Crippen LogP contribution >= 0.6 is 0 Å². The highest BCUT2D eigenvalue weighted by molar-refractivity contribution is 5.97. The molecule has 0 aliphatic carbocycles. The predicted molar refractivity (Wildman–Crippen MR) is 123 cm³/mol. The number of aromatic amines is 3. The maximum atomic E-state index is 13.1. The molecule has 174 valence electrons. The van der Waals surface area contributed by atoms with E-state index in [0.717, 1.165) is 33.5 Å². The Morgan fingerprint density at radius 3 is 2.50 bits per heavy atom. The third-order valence-electron chi connectivity index (χ3n) is 5.52. The molecule has 0 aliphatic rings. The van der Waals surface area contributed by atoms with Crippen molar-refractivity contribution >= 4 is 39.4 Å². The van der Waals surface area contributed by atoms with Gasteiger partial charge >= 0.3 is 11.1 Å². The van der Waals surface area contributed by atoms with E-state index in [1.807, 2.05) is 24.3 Å². The number of nitrogens with one attached hydrogen (secondary N) is 3. The molecule has 34 heavy (non-hydrogen) atoms. The van der Waals surface area contributed by atoms with Gasteiger partial charge in [-0.2, -0.15) is 0 Å². The number of non-ortho nitro benzene ring substituents is 1. The van der Waals surface area contributed by atoms with Gasteiger partial charge in [-0.25, -0.2) is 0 Å². The molecule has 0 unspecified atom stereocenters. The number of nitrogens with two attached hydrogens (primary N) is 1. The molecular weight excluding hydrogens is 444 g/mol. The topological polar surface area (TPSA) is 188 Å². The lowest BCUT2D eigenvalue weighted by atomic mass is 10.0. The zero-order chi connectivity index (χ0) is 24.6. The van der Waals surface area contributed by atoms with E-state index in [1.54, 1.807) is 6.20 Å². The van der Waals surface area contributed by atoms with Crippen LogP contribution in [0.5, 0.6) is 0 Å². The second-order valence-corrected chi connectivity index (χ2v) is 7.81. The number of aromatic nitrogens is 3. The molecule has 0 fully saturated rings. The second-order valence-electron chi connectivity index (χ2n) is 7.81. The number of nitro benzene ring substituents is 1. The number of benzene rings is 2. The molecule has 2 amide bonds. The summed E-state index contributed by atoms with van der Waals surface area (Å²) in [5, 5.41) is 12.3. The number of hydrogen-bond acceptors (Lipinski definition) is 7. The summed E-state index contributed by atoms with van der Waals surface area (Å²) in [6, 6.07) is 8.62. The van der Waals surface area contributed by atoms with Crippen LogP contribution in [0.2, 0.25) is 0 Å². The van der Waals surface area contributed by atoms with Gasteiger partial charge in [0.1, 0.15) is 0 Å². The Labute approximate surface area is 190 Å². The van der Waals surface area contributed by atoms with Crippen molar-refractivity contribution < 1.29 is 14.5 Å². The smallest absolute Gasteiger partial charge is 0.314 e. The summed E-state index contributed by atoms with van der Waals surface area (Å²) in [6.45, 7) is 0.774. The first-order valence-electron chi connectivity index (χ1n) is 10.2. The Balaban J connectivity index is 1.69. The largest absolute Gasteiger partial charge is 0.361 e. The normalized spacial score (nSPS) is 12.1. The number of amides is 2. The highest BCUT2D eigenvalue weighted by Gasteiger charge is 2.27. The first-order valence-corrected chi connectivity index (χ1v) is 10.2. The molecule has 4 rings (SSSR count). The number of rotatable bonds is 6. The van der Waals surface area contributed by atoms with Crippen LogP contribution in [0.25, 0.3) is 21.9 Å². The van der Waals surface area contributed by atoms with Crippen LogP contribution in [0, 0.1) is 10.1 Å². The number of hydrogen-bond donors (Lipinski definition) is 4. The highest BCUT2D eigenvalue weighted by atomic mass is 16.6. The summed E-state index contributed by atoms with van der Waals surface area (Å²) >= 11 is 0. The molecule has 12 heteroatoms. The third-order valence-corrected chi connectivity index (χ3v) is 5.52. The zero-order valence-corrected chi connectivity index (χ0v) is 18.0. The van der Waals surface area contributed by atoms with Crippen molar-refractivity contribution in [2.45, 2.75) is 25.9 Å². The van der Waals surface area contributed by atoms with Crippen molar-refractivity contribution in [3.8, 4) is 0 Å². The Morgan fingerprint density at radius 2 is 1.79 bits per heavy atom. The molecule has 0 saturated carbocycles. The van der Waals surface area contributed by atoms with Crippen molar-refractivity contribution in [2.75, 3.05) is 0 Å². The Bertz CT molecular complexity index is 1570. The summed E-state index contributed by atoms with van der Waals surface area (Å²) < 4.78 is 0. The first kappa shape index (κ1) is 22.6. The van der Waals surface area contributed by atoms with E-state index < -0.39 is 40.4 Å². The minimum absolute atomic E-state index is 0.00663. The van der Waals surface area contributed by atoms with E-state index in [1.165, 1.54) is 6.92 Å². The molecule has 2 aromatic carbocycles. The van der Waals surface area contributed by atoms with Gasteiger partial charge in [0.05, 0.1) is 28.5 Å². The van der Waals surface area contributed by atoms with Gasteiger partial charge in [0, 0.05) is 41.7 Å². The van der Waals surface area contributed by atoms with Gasteiger partial charge in [0.25, 0.3) is 5.69 Å². The molecule has 0 bridgehead atoms. The molecule has 1 atom stereocenters. The van der Waals surface area contributed by atoms with Crippen LogP contribution < -0.4 is 16.9 Å². The second kappa shape index (κ2) is 8.75. The number of para-hydroxylation sites is 1. The first-order chi connectivity index (χ1) is 16.2. The SMILES string of the molecule is CC(=O)N(Cc1cc([N+](=O)[O-])cc2[nH]c(=O)c(=O)[nH]c12)C(=O)[C@@H](N)Cc1c[nH]c2ccccc12. The van der Waals surface area contributed by atoms with E-state index in [4.69, 9.17) is 5.73 Å². The number of fused-ring (bicyclic) bond motifs is 2. The molecule has 4 aromatic rings. The van der Waals surface area contributed by atoms with E-state index in [2.05, 4.69) is 15.0 Å². The van der Waals surface area contributed by atoms with Crippen LogP contribution in [0.3, 0.4) is 0 Å². The molecule has 0 spiro atoms. The molecular formula is C22H20N6O6. The number of carbonyl (C=O) groups is 2. The average Bonchev–Trinajstić information content (AvgIpc) is 3.20. The van der Waals surface area contributed by atoms with Gasteiger partial charge in [0.15, 0.2) is 0 Å². The van der Waals surface area contributed by atoms with Crippen molar-refractivity contribution in [1.82, 2.24) is 19.9 Å². The summed E-state index contributed by atoms with van der Waals surface area (Å²) in [7, 11) is 0. The van der Waals surface area contributed by atoms with Gasteiger partial charge in [-0.3, -0.25) is 34.2 Å². The van der Waals surface area contributed by atoms with Crippen LogP contribution in [0.1, 0.15) is 18.1 Å². The molecule has 2 heterocycles. The highest BCUT2D eigenvalue weighted by Crippen LogP contribution is 2.24. The van der Waals surface area contributed by atoms with Gasteiger partial charge in [0.2, 0.25) is 11.8 Å². The number of carbonyl (C=O) groups excluding carboxylic acids is 2. The quantitative estimate of drug-likeness (QED) is 0.186. The van der Waals surface area contributed by atoms with Crippen molar-refractivity contribution in [1.29, 1.82) is 0 Å². The molecule has 0 aliphatic heterocycles. The fraction of sp³-hybridized carbons (Fsp3) is 0.182. The van der Waals surface area contributed by atoms with Crippen LogP contribution in [0.15, 0.2) is 52.2 Å². The zero-order valence-electron chi connectivity index (χ0n) is 18.0. The molecule has 0 saturated heterocycles. The Hall–Kier alpha value is -4.58. The third kappa shape index (κ3) is 4.21. The lowest BCUT2D eigenvalue weighted by molar-refractivity contribution is -0.384. The average molecular weight is 464 g/mol. The van der Waals surface area contributed by atoms with E-state index >= 15 is 0 Å². The van der Waals surface area contributed by atoms with Crippen molar-refractivity contribution in [3.63, 3.8) is 0 Å². The molecule has 5 N–H and O–H groups in total. The van der Waals surface area contributed by atoms with Gasteiger partial charge in [-0.1, -0.05) is 18.2 Å². The fourth-order valence-electron chi connectivity index (χ4n) is 3.85. The summed E-state index contributed by atoms with van der Waals surface area (Å²) in [5.41, 5.74) is 5.64. The van der Waals surface area contributed by atoms with Crippen LogP contribution in [-0.4, -0.2) is 42.6 Å². The van der Waals surface area contributed by atoms with Crippen LogP contribution in [-0.2, 0) is 22.6 Å². The molecule has 12 nitrogen and oxygen atoms in total. The monoisotopic (exact) mass is 464 g/mol. The number of imide groups is 1. The number of H-pyrrole nitrogens is 3. The summed E-state index contributed by atoms with van der Waals surface area (Å²) in [4.78, 5) is 68.3.